The Morgan fingerprint density at radius 2 is 1.91 bits per heavy atom. The number of nitrogens with zero attached hydrogens (tertiary/aromatic N) is 1. The minimum absolute atomic E-state index is 0.325. The van der Waals surface area contributed by atoms with Gasteiger partial charge in [-0.1, -0.05) is 23.8 Å². The summed E-state index contributed by atoms with van der Waals surface area (Å²) in [6.45, 7) is 5.25. The lowest BCUT2D eigenvalue weighted by atomic mass is 10.1. The summed E-state index contributed by atoms with van der Waals surface area (Å²) in [7, 11) is 0. The fourth-order valence-corrected chi connectivity index (χ4v) is 2.81. The van der Waals surface area contributed by atoms with Gasteiger partial charge in [0.2, 0.25) is 0 Å². The number of carboxylic acid groups (broad SMARTS) is 1. The van der Waals surface area contributed by atoms with Crippen molar-refractivity contribution in [3.05, 3.63) is 65.4 Å². The first-order chi connectivity index (χ1) is 11.1. The molecule has 3 aromatic rings. The van der Waals surface area contributed by atoms with Gasteiger partial charge >= 0.3 is 5.97 Å². The molecule has 0 saturated heterocycles. The van der Waals surface area contributed by atoms with Crippen LogP contribution in [0.15, 0.2) is 48.5 Å². The van der Waals surface area contributed by atoms with E-state index >= 15 is 0 Å². The number of hydrogen-bond donors (Lipinski definition) is 1. The Morgan fingerprint density at radius 1 is 1.17 bits per heavy atom. The minimum atomic E-state index is -0.908. The summed E-state index contributed by atoms with van der Waals surface area (Å²) in [6, 6.07) is 15.2. The molecule has 0 radical (unpaired) electrons. The zero-order valence-electron chi connectivity index (χ0n) is 13.2. The van der Waals surface area contributed by atoms with Gasteiger partial charge in [0.1, 0.15) is 12.4 Å². The Morgan fingerprint density at radius 3 is 2.57 bits per heavy atom. The van der Waals surface area contributed by atoms with Crippen LogP contribution in [0.3, 0.4) is 0 Å². The van der Waals surface area contributed by atoms with Crippen LogP contribution in [0.1, 0.15) is 28.5 Å². The van der Waals surface area contributed by atoms with E-state index in [1.807, 2.05) is 50.2 Å². The van der Waals surface area contributed by atoms with Crippen molar-refractivity contribution in [3.63, 3.8) is 0 Å². The number of aryl methyl sites for hydroxylation is 2. The molecular formula is C19H19NO3. The second-order valence-corrected chi connectivity index (χ2v) is 5.53. The molecule has 0 spiro atoms. The summed E-state index contributed by atoms with van der Waals surface area (Å²) in [5.74, 6) is -0.100. The first-order valence-corrected chi connectivity index (χ1v) is 7.64. The van der Waals surface area contributed by atoms with Crippen molar-refractivity contribution in [2.45, 2.75) is 27.0 Å². The summed E-state index contributed by atoms with van der Waals surface area (Å²) in [4.78, 5) is 11.4. The molecular weight excluding hydrogens is 290 g/mol. The van der Waals surface area contributed by atoms with E-state index in [1.54, 1.807) is 12.1 Å². The number of rotatable bonds is 5. The molecule has 4 nitrogen and oxygen atoms in total. The van der Waals surface area contributed by atoms with Gasteiger partial charge in [0, 0.05) is 17.4 Å². The summed E-state index contributed by atoms with van der Waals surface area (Å²) in [5.41, 5.74) is 3.41. The standard InChI is InChI=1S/C19H19NO3/c1-3-20-14(12-23-15-9-7-13(2)8-10-15)11-17-16(19(21)22)5-4-6-18(17)20/h4-11H,3,12H2,1-2H3,(H,21,22). The molecule has 0 saturated carbocycles. The fraction of sp³-hybridized carbons (Fsp3) is 0.211. The molecule has 1 heterocycles. The van der Waals surface area contributed by atoms with Crippen molar-refractivity contribution in [3.8, 4) is 5.75 Å². The smallest absolute Gasteiger partial charge is 0.336 e. The van der Waals surface area contributed by atoms with E-state index in [4.69, 9.17) is 4.74 Å². The van der Waals surface area contributed by atoms with Gasteiger partial charge in [-0.3, -0.25) is 0 Å². The van der Waals surface area contributed by atoms with Crippen LogP contribution in [0.25, 0.3) is 10.9 Å². The first kappa shape index (κ1) is 15.2. The van der Waals surface area contributed by atoms with Crippen LogP contribution in [0.4, 0.5) is 0 Å². The van der Waals surface area contributed by atoms with Gasteiger partial charge in [0.05, 0.1) is 11.3 Å². The van der Waals surface area contributed by atoms with Crippen LogP contribution in [0.5, 0.6) is 5.75 Å². The highest BCUT2D eigenvalue weighted by molar-refractivity contribution is 6.03. The molecule has 23 heavy (non-hydrogen) atoms. The maximum atomic E-state index is 11.4. The van der Waals surface area contributed by atoms with Crippen LogP contribution in [0.2, 0.25) is 0 Å². The normalized spacial score (nSPS) is 10.9. The monoisotopic (exact) mass is 309 g/mol. The molecule has 118 valence electrons. The molecule has 3 rings (SSSR count). The van der Waals surface area contributed by atoms with Gasteiger partial charge in [0.25, 0.3) is 0 Å². The van der Waals surface area contributed by atoms with Gasteiger partial charge in [-0.15, -0.1) is 0 Å². The number of aromatic carboxylic acids is 1. The number of ether oxygens (including phenoxy) is 1. The van der Waals surface area contributed by atoms with Crippen molar-refractivity contribution in [1.29, 1.82) is 0 Å². The van der Waals surface area contributed by atoms with Gasteiger partial charge in [-0.2, -0.15) is 0 Å². The zero-order valence-corrected chi connectivity index (χ0v) is 13.2. The van der Waals surface area contributed by atoms with E-state index in [1.165, 1.54) is 5.56 Å². The molecule has 0 amide bonds. The third-order valence-electron chi connectivity index (χ3n) is 3.99. The average molecular weight is 309 g/mol. The zero-order chi connectivity index (χ0) is 16.4. The quantitative estimate of drug-likeness (QED) is 0.766. The van der Waals surface area contributed by atoms with Crippen LogP contribution in [-0.2, 0) is 13.2 Å². The van der Waals surface area contributed by atoms with E-state index in [9.17, 15) is 9.90 Å². The van der Waals surface area contributed by atoms with E-state index in [-0.39, 0.29) is 0 Å². The second-order valence-electron chi connectivity index (χ2n) is 5.53. The van der Waals surface area contributed by atoms with E-state index in [0.29, 0.717) is 12.2 Å². The summed E-state index contributed by atoms with van der Waals surface area (Å²) in [6.07, 6.45) is 0. The topological polar surface area (TPSA) is 51.5 Å². The predicted molar refractivity (Wildman–Crippen MR) is 90.1 cm³/mol. The van der Waals surface area contributed by atoms with Crippen LogP contribution >= 0.6 is 0 Å². The number of fused-ring (bicyclic) bond motifs is 1. The highest BCUT2D eigenvalue weighted by atomic mass is 16.5. The van der Waals surface area contributed by atoms with Gasteiger partial charge in [-0.05, 0) is 44.2 Å². The fourth-order valence-electron chi connectivity index (χ4n) is 2.81. The molecule has 0 unspecified atom stereocenters. The molecule has 2 aromatic carbocycles. The second kappa shape index (κ2) is 6.16. The molecule has 1 aromatic heterocycles. The molecule has 0 aliphatic rings. The highest BCUT2D eigenvalue weighted by Gasteiger charge is 2.14. The molecule has 1 N–H and O–H groups in total. The van der Waals surface area contributed by atoms with Crippen molar-refractivity contribution < 1.29 is 14.6 Å². The number of hydrogen-bond acceptors (Lipinski definition) is 2. The SMILES string of the molecule is CCn1c(COc2ccc(C)cc2)cc2c(C(=O)O)cccc21. The van der Waals surface area contributed by atoms with Gasteiger partial charge < -0.3 is 14.4 Å². The lowest BCUT2D eigenvalue weighted by Gasteiger charge is -2.10. The summed E-state index contributed by atoms with van der Waals surface area (Å²) < 4.78 is 7.94. The molecule has 0 aliphatic heterocycles. The minimum Gasteiger partial charge on any atom is -0.487 e. The summed E-state index contributed by atoms with van der Waals surface area (Å²) in [5, 5.41) is 10.1. The number of carbonyl (C=O) groups is 1. The lowest BCUT2D eigenvalue weighted by Crippen LogP contribution is -2.04. The Labute approximate surface area is 134 Å². The third kappa shape index (κ3) is 2.93. The molecule has 0 atom stereocenters. The van der Waals surface area contributed by atoms with Gasteiger partial charge in [-0.25, -0.2) is 4.79 Å². The first-order valence-electron chi connectivity index (χ1n) is 7.64. The molecule has 0 fully saturated rings. The number of aromatic nitrogens is 1. The van der Waals surface area contributed by atoms with E-state index < -0.39 is 5.97 Å². The molecule has 4 heteroatoms. The Hall–Kier alpha value is -2.75. The van der Waals surface area contributed by atoms with Crippen molar-refractivity contribution >= 4 is 16.9 Å². The lowest BCUT2D eigenvalue weighted by molar-refractivity contribution is 0.0699. The maximum Gasteiger partial charge on any atom is 0.336 e. The van der Waals surface area contributed by atoms with Crippen molar-refractivity contribution in [1.82, 2.24) is 4.57 Å². The van der Waals surface area contributed by atoms with Crippen LogP contribution < -0.4 is 4.74 Å². The number of carboxylic acids is 1. The maximum absolute atomic E-state index is 11.4. The Bertz CT molecular complexity index is 847. The van der Waals surface area contributed by atoms with Crippen molar-refractivity contribution in [2.75, 3.05) is 0 Å². The Balaban J connectivity index is 1.95. The Kier molecular flexibility index (Phi) is 4.06. The predicted octanol–water partition coefficient (Wildman–Crippen LogP) is 4.25. The third-order valence-corrected chi connectivity index (χ3v) is 3.99. The average Bonchev–Trinajstić information content (AvgIpc) is 2.91. The van der Waals surface area contributed by atoms with E-state index in [0.717, 1.165) is 28.9 Å². The largest absolute Gasteiger partial charge is 0.487 e. The van der Waals surface area contributed by atoms with Crippen molar-refractivity contribution in [2.24, 2.45) is 0 Å². The van der Waals surface area contributed by atoms with E-state index in [2.05, 4.69) is 4.57 Å². The van der Waals surface area contributed by atoms with Gasteiger partial charge in [0.15, 0.2) is 0 Å². The highest BCUT2D eigenvalue weighted by Crippen LogP contribution is 2.25. The van der Waals surface area contributed by atoms with Crippen LogP contribution in [0, 0.1) is 6.92 Å². The molecule has 0 bridgehead atoms. The number of benzene rings is 2. The van der Waals surface area contributed by atoms with Crippen LogP contribution in [-0.4, -0.2) is 15.6 Å². The molecule has 0 aliphatic carbocycles. The summed E-state index contributed by atoms with van der Waals surface area (Å²) >= 11 is 0.